The zero-order chi connectivity index (χ0) is 40.5. The number of H-pyrrole nitrogens is 2. The largest absolute Gasteiger partial charge is 0.453 e. The molecule has 4 heterocycles. The number of methoxy groups -OCH3 is 4. The van der Waals surface area contributed by atoms with E-state index in [-0.39, 0.29) is 35.7 Å². The number of nitrogens with zero attached hydrogens (tertiary/aromatic N) is 4. The summed E-state index contributed by atoms with van der Waals surface area (Å²) in [5.41, 5.74) is 2.74. The smallest absolute Gasteiger partial charge is 0.407 e. The number of aromatic nitrogens is 4. The van der Waals surface area contributed by atoms with Gasteiger partial charge in [-0.25, -0.2) is 19.6 Å². The monoisotopic (exact) mass is 770 g/mol. The van der Waals surface area contributed by atoms with Gasteiger partial charge in [-0.15, -0.1) is 0 Å². The van der Waals surface area contributed by atoms with Crippen molar-refractivity contribution in [3.8, 4) is 23.7 Å². The van der Waals surface area contributed by atoms with E-state index in [1.54, 1.807) is 36.0 Å². The molecule has 0 bridgehead atoms. The van der Waals surface area contributed by atoms with Crippen molar-refractivity contribution < 1.29 is 38.1 Å². The van der Waals surface area contributed by atoms with Gasteiger partial charge in [0.2, 0.25) is 11.8 Å². The molecule has 8 unspecified atom stereocenters. The molecule has 56 heavy (non-hydrogen) atoms. The highest BCUT2D eigenvalue weighted by Crippen LogP contribution is 2.36. The van der Waals surface area contributed by atoms with E-state index >= 15 is 0 Å². The molecule has 0 saturated carbocycles. The normalized spacial score (nSPS) is 21.1. The van der Waals surface area contributed by atoms with Crippen LogP contribution in [-0.4, -0.2) is 120 Å². The average Bonchev–Trinajstić information content (AvgIpc) is 4.03. The Balaban J connectivity index is 1.23. The molecule has 0 radical (unpaired) electrons. The first-order valence-electron chi connectivity index (χ1n) is 18.4. The zero-order valence-electron chi connectivity index (χ0n) is 33.0. The Morgan fingerprint density at radius 1 is 0.679 bits per heavy atom. The van der Waals surface area contributed by atoms with Gasteiger partial charge in [0.25, 0.3) is 0 Å². The lowest BCUT2D eigenvalue weighted by molar-refractivity contribution is -0.138. The summed E-state index contributed by atoms with van der Waals surface area (Å²) in [6.07, 6.45) is 2.11. The van der Waals surface area contributed by atoms with E-state index in [0.717, 1.165) is 11.1 Å². The van der Waals surface area contributed by atoms with Gasteiger partial charge in [-0.1, -0.05) is 25.7 Å². The van der Waals surface area contributed by atoms with Crippen molar-refractivity contribution >= 4 is 24.0 Å². The summed E-state index contributed by atoms with van der Waals surface area (Å²) < 4.78 is 20.2. The molecule has 4 N–H and O–H groups in total. The maximum atomic E-state index is 13.6. The van der Waals surface area contributed by atoms with Crippen LogP contribution in [0.15, 0.2) is 36.7 Å². The van der Waals surface area contributed by atoms with E-state index in [0.29, 0.717) is 49.0 Å². The van der Waals surface area contributed by atoms with Gasteiger partial charge in [-0.3, -0.25) is 9.59 Å². The molecule has 3 aromatic rings. The Labute approximate surface area is 326 Å². The Bertz CT molecular complexity index is 1850. The maximum Gasteiger partial charge on any atom is 0.407 e. The summed E-state index contributed by atoms with van der Waals surface area (Å²) in [5, 5.41) is 5.21. The number of nitrogens with one attached hydrogen (secondary N) is 4. The molecule has 0 spiro atoms. The van der Waals surface area contributed by atoms with Gasteiger partial charge >= 0.3 is 12.2 Å². The van der Waals surface area contributed by atoms with Crippen molar-refractivity contribution in [2.45, 2.75) is 76.9 Å². The van der Waals surface area contributed by atoms with Crippen molar-refractivity contribution in [2.24, 2.45) is 11.8 Å². The number of hydrogen-bond donors (Lipinski definition) is 4. The number of likely N-dealkylation sites (tertiary alicyclic amines) is 2. The molecule has 8 atom stereocenters. The minimum atomic E-state index is -0.925. The van der Waals surface area contributed by atoms with Crippen LogP contribution in [0.1, 0.15) is 86.8 Å². The molecule has 16 heteroatoms. The van der Waals surface area contributed by atoms with E-state index in [1.807, 2.05) is 24.3 Å². The minimum absolute atomic E-state index is 0.218. The van der Waals surface area contributed by atoms with E-state index in [9.17, 15) is 19.2 Å². The first-order chi connectivity index (χ1) is 26.8. The molecular weight excluding hydrogens is 720 g/mol. The quantitative estimate of drug-likeness (QED) is 0.223. The van der Waals surface area contributed by atoms with Crippen LogP contribution in [-0.2, 0) is 28.5 Å². The van der Waals surface area contributed by atoms with Gasteiger partial charge in [0, 0.05) is 38.4 Å². The number of benzene rings is 1. The third-order valence-corrected chi connectivity index (χ3v) is 10.1. The van der Waals surface area contributed by atoms with Crippen LogP contribution in [0.4, 0.5) is 9.59 Å². The summed E-state index contributed by atoms with van der Waals surface area (Å²) in [4.78, 5) is 70.4. The molecule has 2 aliphatic heterocycles. The zero-order valence-corrected chi connectivity index (χ0v) is 33.0. The second-order valence-corrected chi connectivity index (χ2v) is 14.2. The van der Waals surface area contributed by atoms with Gasteiger partial charge < -0.3 is 49.3 Å². The Kier molecular flexibility index (Phi) is 13.8. The predicted octanol–water partition coefficient (Wildman–Crippen LogP) is 3.27. The van der Waals surface area contributed by atoms with Gasteiger partial charge in [-0.2, -0.15) is 0 Å². The summed E-state index contributed by atoms with van der Waals surface area (Å²) in [6, 6.07) is 5.01. The minimum Gasteiger partial charge on any atom is -0.453 e. The Morgan fingerprint density at radius 2 is 1.05 bits per heavy atom. The van der Waals surface area contributed by atoms with Crippen LogP contribution in [0.25, 0.3) is 0 Å². The molecule has 1 aromatic carbocycles. The number of rotatable bonds is 10. The first-order valence-corrected chi connectivity index (χ1v) is 18.4. The van der Waals surface area contributed by atoms with Crippen molar-refractivity contribution in [3.05, 3.63) is 70.8 Å². The highest BCUT2D eigenvalue weighted by Gasteiger charge is 2.42. The standard InChI is InChI=1S/C40H50N8O8/c1-23-17-31(47(21-23)37(49)33(25(3)53-5)45-39(51)55-7)35-41-19-29(43-35)15-13-27-9-11-28(12-10-27)14-16-30-20-42-36(44-30)32-18-24(2)22-48(32)38(50)34(26(4)54-6)46-40(52)56-8/h9-12,19-20,23-26,31-34H,17-18,21-22H2,1-8H3,(H,41,43)(H,42,44)(H,45,51)(H,46,52). The van der Waals surface area contributed by atoms with Gasteiger partial charge in [-0.05, 0) is 74.6 Å². The maximum absolute atomic E-state index is 13.6. The molecule has 2 saturated heterocycles. The fourth-order valence-electron chi connectivity index (χ4n) is 6.91. The number of imidazole rings is 2. The Hall–Kier alpha value is -5.84. The number of amides is 4. The van der Waals surface area contributed by atoms with E-state index < -0.39 is 36.5 Å². The Morgan fingerprint density at radius 3 is 1.39 bits per heavy atom. The highest BCUT2D eigenvalue weighted by atomic mass is 16.5. The molecule has 4 amide bonds. The van der Waals surface area contributed by atoms with Crippen LogP contribution >= 0.6 is 0 Å². The lowest BCUT2D eigenvalue weighted by Crippen LogP contribution is -2.54. The molecule has 5 rings (SSSR count). The molecule has 2 fully saturated rings. The second-order valence-electron chi connectivity index (χ2n) is 14.2. The summed E-state index contributed by atoms with van der Waals surface area (Å²) in [7, 11) is 5.46. The molecule has 0 aliphatic carbocycles. The van der Waals surface area contributed by atoms with Crippen molar-refractivity contribution in [1.82, 2.24) is 40.4 Å². The third-order valence-electron chi connectivity index (χ3n) is 10.1. The van der Waals surface area contributed by atoms with E-state index in [2.05, 4.69) is 68.1 Å². The van der Waals surface area contributed by atoms with Crippen LogP contribution < -0.4 is 10.6 Å². The molecular formula is C40H50N8O8. The predicted molar refractivity (Wildman–Crippen MR) is 204 cm³/mol. The number of hydrogen-bond acceptors (Lipinski definition) is 10. The number of carbonyl (C=O) groups excluding carboxylic acids is 4. The third kappa shape index (κ3) is 9.87. The summed E-state index contributed by atoms with van der Waals surface area (Å²) in [6.45, 7) is 8.57. The lowest BCUT2D eigenvalue weighted by Gasteiger charge is -2.30. The van der Waals surface area contributed by atoms with E-state index in [4.69, 9.17) is 18.9 Å². The highest BCUT2D eigenvalue weighted by molar-refractivity contribution is 5.87. The van der Waals surface area contributed by atoms with Crippen LogP contribution in [0.3, 0.4) is 0 Å². The number of ether oxygens (including phenoxy) is 4. The lowest BCUT2D eigenvalue weighted by atomic mass is 10.1. The van der Waals surface area contributed by atoms with Crippen LogP contribution in [0, 0.1) is 35.5 Å². The van der Waals surface area contributed by atoms with Crippen molar-refractivity contribution in [1.29, 1.82) is 0 Å². The molecule has 298 valence electrons. The number of alkyl carbamates (subject to hydrolysis) is 2. The topological polar surface area (TPSA) is 193 Å². The summed E-state index contributed by atoms with van der Waals surface area (Å²) >= 11 is 0. The second kappa shape index (κ2) is 18.7. The molecule has 2 aliphatic rings. The molecule has 2 aromatic heterocycles. The van der Waals surface area contributed by atoms with Crippen molar-refractivity contribution in [2.75, 3.05) is 41.5 Å². The van der Waals surface area contributed by atoms with E-state index in [1.165, 1.54) is 28.4 Å². The number of aromatic amines is 2. The SMILES string of the molecule is COC(=O)NC(C(=O)N1CC(C)CC1c1ncc(C#Cc2ccc(C#Cc3cnc(C4CC(C)CN4C(=O)C(NC(=O)OC)C(C)OC)[nH]3)cc2)[nH]1)C(C)OC. The fraction of sp³-hybridized carbons (Fsp3) is 0.500. The van der Waals surface area contributed by atoms with Gasteiger partial charge in [0.1, 0.15) is 35.1 Å². The average molecular weight is 771 g/mol. The van der Waals surface area contributed by atoms with Gasteiger partial charge in [0.05, 0.1) is 50.9 Å². The van der Waals surface area contributed by atoms with Crippen molar-refractivity contribution in [3.63, 3.8) is 0 Å². The first kappa shape index (κ1) is 41.3. The van der Waals surface area contributed by atoms with Gasteiger partial charge in [0.15, 0.2) is 0 Å². The molecule has 16 nitrogen and oxygen atoms in total. The summed E-state index contributed by atoms with van der Waals surface area (Å²) in [5.74, 6) is 13.6. The number of carbonyl (C=O) groups is 4. The van der Waals surface area contributed by atoms with Crippen LogP contribution in [0.5, 0.6) is 0 Å². The fourth-order valence-corrected chi connectivity index (χ4v) is 6.91. The van der Waals surface area contributed by atoms with Crippen LogP contribution in [0.2, 0.25) is 0 Å².